The number of anilines is 1. The van der Waals surface area contributed by atoms with Crippen LogP contribution in [0.15, 0.2) is 47.3 Å². The van der Waals surface area contributed by atoms with E-state index in [0.29, 0.717) is 27.2 Å². The molecule has 7 heteroatoms. The average molecular weight is 358 g/mol. The van der Waals surface area contributed by atoms with Gasteiger partial charge in [0.1, 0.15) is 5.75 Å². The summed E-state index contributed by atoms with van der Waals surface area (Å²) in [5, 5.41) is 16.1. The second-order valence-corrected chi connectivity index (χ2v) is 5.83. The van der Waals surface area contributed by atoms with E-state index in [2.05, 4.69) is 5.32 Å². The van der Waals surface area contributed by atoms with Crippen molar-refractivity contribution >= 4 is 34.0 Å². The number of rotatable bonds is 3. The van der Waals surface area contributed by atoms with E-state index in [0.717, 1.165) is 4.57 Å². The Bertz CT molecular complexity index is 1040. The third-order valence-corrected chi connectivity index (χ3v) is 4.12. The average Bonchev–Trinajstić information content (AvgIpc) is 2.60. The zero-order valence-electron chi connectivity index (χ0n) is 13.5. The lowest BCUT2D eigenvalue weighted by Crippen LogP contribution is -2.26. The van der Waals surface area contributed by atoms with E-state index in [1.165, 1.54) is 20.2 Å². The van der Waals surface area contributed by atoms with Gasteiger partial charge in [-0.3, -0.25) is 9.59 Å². The van der Waals surface area contributed by atoms with E-state index >= 15 is 0 Å². The van der Waals surface area contributed by atoms with Crippen LogP contribution in [0.1, 0.15) is 10.4 Å². The highest BCUT2D eigenvalue weighted by atomic mass is 35.5. The van der Waals surface area contributed by atoms with E-state index in [9.17, 15) is 14.7 Å². The number of halogens is 1. The van der Waals surface area contributed by atoms with E-state index in [-0.39, 0.29) is 5.56 Å². The lowest BCUT2D eigenvalue weighted by Gasteiger charge is -2.20. The molecule has 25 heavy (non-hydrogen) atoms. The topological polar surface area (TPSA) is 83.4 Å². The smallest absolute Gasteiger partial charge is 0.257 e. The largest absolute Gasteiger partial charge is 0.859 e. The van der Waals surface area contributed by atoms with Crippen LogP contribution in [0.25, 0.3) is 10.8 Å². The van der Waals surface area contributed by atoms with Crippen molar-refractivity contribution in [3.05, 3.63) is 63.4 Å². The Balaban J connectivity index is 2.16. The Morgan fingerprint density at radius 2 is 1.88 bits per heavy atom. The molecule has 0 bridgehead atoms. The van der Waals surface area contributed by atoms with Gasteiger partial charge in [-0.1, -0.05) is 29.8 Å². The minimum Gasteiger partial charge on any atom is -0.859 e. The molecular formula is C18H14ClN2O4-. The summed E-state index contributed by atoms with van der Waals surface area (Å²) in [6.07, 6.45) is 0. The van der Waals surface area contributed by atoms with Gasteiger partial charge in [-0.05, 0) is 30.1 Å². The SMILES string of the molecule is COc1ccc(Cl)cc1NC(=O)c1c([O-])n(C)c(=O)c2ccccc12. The van der Waals surface area contributed by atoms with Gasteiger partial charge in [0.15, 0.2) is 0 Å². The number of hydrogen-bond acceptors (Lipinski definition) is 4. The molecule has 0 spiro atoms. The van der Waals surface area contributed by atoms with Gasteiger partial charge in [0.25, 0.3) is 11.5 Å². The van der Waals surface area contributed by atoms with E-state index in [1.807, 2.05) is 0 Å². The fourth-order valence-electron chi connectivity index (χ4n) is 2.63. The molecule has 1 heterocycles. The number of pyridine rings is 1. The number of nitrogens with one attached hydrogen (secondary N) is 1. The number of methoxy groups -OCH3 is 1. The molecule has 0 saturated carbocycles. The van der Waals surface area contributed by atoms with Gasteiger partial charge in [0.05, 0.1) is 18.4 Å². The maximum Gasteiger partial charge on any atom is 0.257 e. The second kappa shape index (κ2) is 6.49. The number of amides is 1. The lowest BCUT2D eigenvalue weighted by molar-refractivity contribution is -0.279. The molecule has 0 fully saturated rings. The maximum atomic E-state index is 12.8. The van der Waals surface area contributed by atoms with Gasteiger partial charge >= 0.3 is 0 Å². The van der Waals surface area contributed by atoms with Crippen LogP contribution in [0.2, 0.25) is 5.02 Å². The van der Waals surface area contributed by atoms with Gasteiger partial charge in [0.2, 0.25) is 0 Å². The van der Waals surface area contributed by atoms with E-state index in [4.69, 9.17) is 16.3 Å². The molecule has 1 aromatic heterocycles. The number of ether oxygens (including phenoxy) is 1. The molecule has 2 aromatic carbocycles. The summed E-state index contributed by atoms with van der Waals surface area (Å²) in [5.41, 5.74) is -0.227. The predicted molar refractivity (Wildman–Crippen MR) is 94.6 cm³/mol. The van der Waals surface area contributed by atoms with Crippen LogP contribution in [0.4, 0.5) is 5.69 Å². The summed E-state index contributed by atoms with van der Waals surface area (Å²) in [5.74, 6) is -0.904. The minimum absolute atomic E-state index is 0.111. The Labute approximate surface area is 148 Å². The molecule has 0 unspecified atom stereocenters. The van der Waals surface area contributed by atoms with Gasteiger partial charge in [-0.2, -0.15) is 0 Å². The maximum absolute atomic E-state index is 12.8. The van der Waals surface area contributed by atoms with Crippen molar-refractivity contribution in [1.82, 2.24) is 4.57 Å². The number of hydrogen-bond donors (Lipinski definition) is 1. The van der Waals surface area contributed by atoms with Crippen molar-refractivity contribution < 1.29 is 14.6 Å². The van der Waals surface area contributed by atoms with Crippen molar-refractivity contribution in [2.45, 2.75) is 0 Å². The van der Waals surface area contributed by atoms with Crippen LogP contribution in [0, 0.1) is 0 Å². The molecular weight excluding hydrogens is 344 g/mol. The number of carbonyl (C=O) groups excluding carboxylic acids is 1. The van der Waals surface area contributed by atoms with Crippen LogP contribution in [0.5, 0.6) is 11.6 Å². The van der Waals surface area contributed by atoms with Crippen molar-refractivity contribution in [2.75, 3.05) is 12.4 Å². The zero-order valence-corrected chi connectivity index (χ0v) is 14.3. The summed E-state index contributed by atoms with van der Waals surface area (Å²) in [6.45, 7) is 0. The quantitative estimate of drug-likeness (QED) is 0.780. The predicted octanol–water partition coefficient (Wildman–Crippen LogP) is 2.53. The van der Waals surface area contributed by atoms with Gasteiger partial charge in [-0.25, -0.2) is 0 Å². The molecule has 128 valence electrons. The second-order valence-electron chi connectivity index (χ2n) is 5.39. The molecule has 1 amide bonds. The molecule has 6 nitrogen and oxygen atoms in total. The van der Waals surface area contributed by atoms with Gasteiger partial charge in [0, 0.05) is 22.8 Å². The number of carbonyl (C=O) groups is 1. The molecule has 0 aliphatic rings. The highest BCUT2D eigenvalue weighted by Gasteiger charge is 2.17. The Morgan fingerprint density at radius 3 is 2.56 bits per heavy atom. The Morgan fingerprint density at radius 1 is 1.20 bits per heavy atom. The van der Waals surface area contributed by atoms with Crippen LogP contribution in [-0.2, 0) is 7.05 Å². The minimum atomic E-state index is -0.665. The molecule has 0 aliphatic heterocycles. The van der Waals surface area contributed by atoms with E-state index in [1.54, 1.807) is 36.4 Å². The molecule has 0 aliphatic carbocycles. The first-order valence-electron chi connectivity index (χ1n) is 7.37. The standard InChI is InChI=1S/C18H15ClN2O4/c1-21-17(23)12-6-4-3-5-11(12)15(18(21)24)16(22)20-13-9-10(19)7-8-14(13)25-2/h3-9,24H,1-2H3,(H,20,22)/p-1. The first-order chi connectivity index (χ1) is 11.9. The third kappa shape index (κ3) is 2.92. The van der Waals surface area contributed by atoms with Crippen molar-refractivity contribution in [3.8, 4) is 11.6 Å². The fourth-order valence-corrected chi connectivity index (χ4v) is 2.80. The highest BCUT2D eigenvalue weighted by Crippen LogP contribution is 2.30. The zero-order chi connectivity index (χ0) is 18.1. The lowest BCUT2D eigenvalue weighted by atomic mass is 10.1. The molecule has 0 radical (unpaired) electrons. The van der Waals surface area contributed by atoms with Crippen LogP contribution in [0.3, 0.4) is 0 Å². The number of benzene rings is 2. The van der Waals surface area contributed by atoms with Crippen LogP contribution in [-0.4, -0.2) is 17.6 Å². The number of fused-ring (bicyclic) bond motifs is 1. The first kappa shape index (κ1) is 16.9. The van der Waals surface area contributed by atoms with Gasteiger partial charge in [-0.15, -0.1) is 0 Å². The van der Waals surface area contributed by atoms with Crippen molar-refractivity contribution in [3.63, 3.8) is 0 Å². The molecule has 3 aromatic rings. The van der Waals surface area contributed by atoms with E-state index < -0.39 is 17.3 Å². The monoisotopic (exact) mass is 357 g/mol. The molecule has 0 saturated heterocycles. The first-order valence-corrected chi connectivity index (χ1v) is 7.75. The van der Waals surface area contributed by atoms with Crippen LogP contribution >= 0.6 is 11.6 Å². The normalized spacial score (nSPS) is 10.7. The van der Waals surface area contributed by atoms with Crippen molar-refractivity contribution in [1.29, 1.82) is 0 Å². The molecule has 0 atom stereocenters. The number of nitrogens with zero attached hydrogens (tertiary/aromatic N) is 1. The highest BCUT2D eigenvalue weighted by molar-refractivity contribution is 6.31. The Kier molecular flexibility index (Phi) is 4.37. The summed E-state index contributed by atoms with van der Waals surface area (Å²) in [7, 11) is 2.80. The van der Waals surface area contributed by atoms with Gasteiger partial charge < -0.3 is 19.7 Å². The number of aromatic nitrogens is 1. The van der Waals surface area contributed by atoms with Crippen molar-refractivity contribution in [2.24, 2.45) is 7.05 Å². The summed E-state index contributed by atoms with van der Waals surface area (Å²) < 4.78 is 6.11. The summed E-state index contributed by atoms with van der Waals surface area (Å²) in [4.78, 5) is 25.0. The summed E-state index contributed by atoms with van der Waals surface area (Å²) in [6, 6.07) is 11.2. The molecule has 1 N–H and O–H groups in total. The fraction of sp³-hybridized carbons (Fsp3) is 0.111. The third-order valence-electron chi connectivity index (χ3n) is 3.89. The Hall–Kier alpha value is -2.99. The summed E-state index contributed by atoms with van der Waals surface area (Å²) >= 11 is 5.96. The molecule has 3 rings (SSSR count). The van der Waals surface area contributed by atoms with Crippen LogP contribution < -0.4 is 20.7 Å².